The fraction of sp³-hybridized carbons (Fsp3) is 0.0909. The number of nitrogens with two attached hydrogens (primary N) is 1. The van der Waals surface area contributed by atoms with Crippen molar-refractivity contribution >= 4 is 16.9 Å². The molecule has 86 valence electrons. The molecule has 0 saturated carbocycles. The van der Waals surface area contributed by atoms with E-state index in [4.69, 9.17) is 10.5 Å². The standard InChI is InChI=1S/C11H11N5O/c1-17-6-2-3-8-9(4-6)15-11(14-8)7-5-13-16-10(7)12/h2-5H,1H3,(H,14,15)(H3,12,13,16). The molecule has 0 saturated heterocycles. The number of hydrogen-bond acceptors (Lipinski definition) is 4. The maximum atomic E-state index is 5.75. The highest BCUT2D eigenvalue weighted by Crippen LogP contribution is 2.25. The lowest BCUT2D eigenvalue weighted by atomic mass is 10.3. The first-order valence-corrected chi connectivity index (χ1v) is 5.11. The average Bonchev–Trinajstić information content (AvgIpc) is 2.93. The van der Waals surface area contributed by atoms with Crippen molar-refractivity contribution in [2.24, 2.45) is 0 Å². The Bertz CT molecular complexity index is 669. The van der Waals surface area contributed by atoms with Crippen molar-refractivity contribution in [3.63, 3.8) is 0 Å². The number of ether oxygens (including phenoxy) is 1. The number of hydrogen-bond donors (Lipinski definition) is 3. The molecular formula is C11H11N5O. The molecule has 6 nitrogen and oxygen atoms in total. The van der Waals surface area contributed by atoms with Crippen LogP contribution >= 0.6 is 0 Å². The number of methoxy groups -OCH3 is 1. The molecule has 1 aromatic carbocycles. The van der Waals surface area contributed by atoms with Crippen LogP contribution in [0.15, 0.2) is 24.4 Å². The van der Waals surface area contributed by atoms with Crippen LogP contribution in [-0.2, 0) is 0 Å². The van der Waals surface area contributed by atoms with Gasteiger partial charge in [-0.05, 0) is 12.1 Å². The second-order valence-electron chi connectivity index (χ2n) is 3.67. The van der Waals surface area contributed by atoms with Crippen LogP contribution < -0.4 is 10.5 Å². The molecule has 0 spiro atoms. The monoisotopic (exact) mass is 229 g/mol. The predicted molar refractivity (Wildman–Crippen MR) is 64.6 cm³/mol. The lowest BCUT2D eigenvalue weighted by molar-refractivity contribution is 0.415. The molecule has 0 amide bonds. The minimum absolute atomic E-state index is 0.496. The van der Waals surface area contributed by atoms with Gasteiger partial charge in [-0.1, -0.05) is 0 Å². The van der Waals surface area contributed by atoms with E-state index >= 15 is 0 Å². The Morgan fingerprint density at radius 3 is 2.94 bits per heavy atom. The number of nitrogens with one attached hydrogen (secondary N) is 2. The number of rotatable bonds is 2. The third kappa shape index (κ3) is 1.50. The lowest BCUT2D eigenvalue weighted by Gasteiger charge is -1.96. The van der Waals surface area contributed by atoms with Crippen LogP contribution in [-0.4, -0.2) is 27.3 Å². The van der Waals surface area contributed by atoms with E-state index in [-0.39, 0.29) is 0 Å². The largest absolute Gasteiger partial charge is 0.497 e. The van der Waals surface area contributed by atoms with Gasteiger partial charge in [0.05, 0.1) is 29.9 Å². The number of aromatic nitrogens is 4. The molecule has 0 radical (unpaired) electrons. The summed E-state index contributed by atoms with van der Waals surface area (Å²) in [6.07, 6.45) is 1.64. The van der Waals surface area contributed by atoms with Crippen LogP contribution in [0.2, 0.25) is 0 Å². The molecule has 4 N–H and O–H groups in total. The Morgan fingerprint density at radius 2 is 2.24 bits per heavy atom. The first kappa shape index (κ1) is 9.71. The van der Waals surface area contributed by atoms with Gasteiger partial charge in [0.25, 0.3) is 0 Å². The minimum atomic E-state index is 0.496. The third-order valence-electron chi connectivity index (χ3n) is 2.61. The second-order valence-corrected chi connectivity index (χ2v) is 3.67. The van der Waals surface area contributed by atoms with Crippen molar-refractivity contribution in [2.75, 3.05) is 12.8 Å². The van der Waals surface area contributed by atoms with Gasteiger partial charge in [-0.25, -0.2) is 4.98 Å². The minimum Gasteiger partial charge on any atom is -0.497 e. The second kappa shape index (κ2) is 3.51. The number of fused-ring (bicyclic) bond motifs is 1. The van der Waals surface area contributed by atoms with E-state index in [0.717, 1.165) is 22.3 Å². The van der Waals surface area contributed by atoms with Crippen LogP contribution in [0.1, 0.15) is 0 Å². The Hall–Kier alpha value is -2.50. The summed E-state index contributed by atoms with van der Waals surface area (Å²) in [4.78, 5) is 7.62. The van der Waals surface area contributed by atoms with Crippen molar-refractivity contribution in [1.29, 1.82) is 0 Å². The molecule has 3 aromatic rings. The van der Waals surface area contributed by atoms with Gasteiger partial charge in [0, 0.05) is 6.07 Å². The summed E-state index contributed by atoms with van der Waals surface area (Å²) in [5.74, 6) is 1.98. The lowest BCUT2D eigenvalue weighted by Crippen LogP contribution is -1.88. The van der Waals surface area contributed by atoms with Crippen LogP contribution in [0.4, 0.5) is 5.82 Å². The molecule has 0 atom stereocenters. The van der Waals surface area contributed by atoms with Crippen LogP contribution in [0.3, 0.4) is 0 Å². The van der Waals surface area contributed by atoms with Crippen molar-refractivity contribution in [2.45, 2.75) is 0 Å². The highest BCUT2D eigenvalue weighted by molar-refractivity contribution is 5.82. The normalized spacial score (nSPS) is 10.9. The van der Waals surface area contributed by atoms with E-state index in [0.29, 0.717) is 11.6 Å². The van der Waals surface area contributed by atoms with Gasteiger partial charge >= 0.3 is 0 Å². The van der Waals surface area contributed by atoms with Crippen molar-refractivity contribution in [1.82, 2.24) is 20.2 Å². The fourth-order valence-corrected chi connectivity index (χ4v) is 1.73. The van der Waals surface area contributed by atoms with E-state index in [1.165, 1.54) is 0 Å². The number of anilines is 1. The molecule has 17 heavy (non-hydrogen) atoms. The number of benzene rings is 1. The van der Waals surface area contributed by atoms with Gasteiger partial charge < -0.3 is 15.5 Å². The number of H-pyrrole nitrogens is 2. The number of nitrogens with zero attached hydrogens (tertiary/aromatic N) is 2. The van der Waals surface area contributed by atoms with E-state index in [1.54, 1.807) is 13.3 Å². The van der Waals surface area contributed by atoms with Crippen LogP contribution in [0.5, 0.6) is 5.75 Å². The Labute approximate surface area is 96.8 Å². The van der Waals surface area contributed by atoms with Crippen molar-refractivity contribution < 1.29 is 4.74 Å². The summed E-state index contributed by atoms with van der Waals surface area (Å²) in [6.45, 7) is 0. The molecule has 6 heteroatoms. The van der Waals surface area contributed by atoms with E-state index in [9.17, 15) is 0 Å². The summed E-state index contributed by atoms with van der Waals surface area (Å²) in [5, 5.41) is 6.54. The molecule has 3 rings (SSSR count). The molecular weight excluding hydrogens is 218 g/mol. The molecule has 0 aliphatic carbocycles. The predicted octanol–water partition coefficient (Wildman–Crippen LogP) is 1.54. The van der Waals surface area contributed by atoms with E-state index in [1.807, 2.05) is 18.2 Å². The highest BCUT2D eigenvalue weighted by Gasteiger charge is 2.10. The molecule has 0 fully saturated rings. The first-order chi connectivity index (χ1) is 8.28. The van der Waals surface area contributed by atoms with Crippen LogP contribution in [0, 0.1) is 0 Å². The quantitative estimate of drug-likeness (QED) is 0.621. The third-order valence-corrected chi connectivity index (χ3v) is 2.61. The first-order valence-electron chi connectivity index (χ1n) is 5.11. The van der Waals surface area contributed by atoms with E-state index < -0.39 is 0 Å². The molecule has 0 unspecified atom stereocenters. The summed E-state index contributed by atoms with van der Waals surface area (Å²) >= 11 is 0. The fourth-order valence-electron chi connectivity index (χ4n) is 1.73. The number of nitrogen functional groups attached to an aromatic ring is 1. The zero-order valence-corrected chi connectivity index (χ0v) is 9.19. The smallest absolute Gasteiger partial charge is 0.143 e. The molecule has 2 heterocycles. The Kier molecular flexibility index (Phi) is 2.01. The van der Waals surface area contributed by atoms with Crippen molar-refractivity contribution in [3.8, 4) is 17.1 Å². The molecule has 0 aliphatic rings. The van der Waals surface area contributed by atoms with Gasteiger partial charge in [-0.3, -0.25) is 5.10 Å². The maximum Gasteiger partial charge on any atom is 0.143 e. The zero-order chi connectivity index (χ0) is 11.8. The average molecular weight is 229 g/mol. The van der Waals surface area contributed by atoms with E-state index in [2.05, 4.69) is 20.2 Å². The topological polar surface area (TPSA) is 92.6 Å². The van der Waals surface area contributed by atoms with Gasteiger partial charge in [0.2, 0.25) is 0 Å². The summed E-state index contributed by atoms with van der Waals surface area (Å²) < 4.78 is 5.15. The summed E-state index contributed by atoms with van der Waals surface area (Å²) in [6, 6.07) is 5.65. The zero-order valence-electron chi connectivity index (χ0n) is 9.19. The van der Waals surface area contributed by atoms with Gasteiger partial charge in [0.1, 0.15) is 17.4 Å². The Balaban J connectivity index is 2.17. The molecule has 0 bridgehead atoms. The van der Waals surface area contributed by atoms with Gasteiger partial charge in [-0.15, -0.1) is 0 Å². The SMILES string of the molecule is COc1ccc2nc(-c3cn[nH]c3N)[nH]c2c1. The van der Waals surface area contributed by atoms with Gasteiger partial charge in [0.15, 0.2) is 0 Å². The summed E-state index contributed by atoms with van der Waals surface area (Å²) in [7, 11) is 1.63. The van der Waals surface area contributed by atoms with Crippen LogP contribution in [0.25, 0.3) is 22.4 Å². The highest BCUT2D eigenvalue weighted by atomic mass is 16.5. The maximum absolute atomic E-state index is 5.75. The summed E-state index contributed by atoms with van der Waals surface area (Å²) in [5.41, 5.74) is 8.28. The Morgan fingerprint density at radius 1 is 1.35 bits per heavy atom. The number of imidazole rings is 1. The number of aromatic amines is 2. The van der Waals surface area contributed by atoms with Gasteiger partial charge in [-0.2, -0.15) is 5.10 Å². The molecule has 0 aliphatic heterocycles. The molecule has 2 aromatic heterocycles. The van der Waals surface area contributed by atoms with Crippen molar-refractivity contribution in [3.05, 3.63) is 24.4 Å².